The summed E-state index contributed by atoms with van der Waals surface area (Å²) in [5.74, 6) is 0. The number of aryl methyl sites for hydroxylation is 2. The first-order valence-corrected chi connectivity index (χ1v) is 5.71. The van der Waals surface area contributed by atoms with Gasteiger partial charge in [0.2, 0.25) is 0 Å². The minimum absolute atomic E-state index is 0.111. The molecule has 0 fully saturated rings. The van der Waals surface area contributed by atoms with Gasteiger partial charge >= 0.3 is 6.18 Å². The Morgan fingerprint density at radius 2 is 2.11 bits per heavy atom. The van der Waals surface area contributed by atoms with Crippen LogP contribution in [0.1, 0.15) is 17.7 Å². The van der Waals surface area contributed by atoms with Gasteiger partial charge in [0.05, 0.1) is 12.2 Å². The molecule has 0 atom stereocenters. The van der Waals surface area contributed by atoms with E-state index < -0.39 is 12.7 Å². The summed E-state index contributed by atoms with van der Waals surface area (Å²) in [5.41, 5.74) is 1.51. The summed E-state index contributed by atoms with van der Waals surface area (Å²) in [4.78, 5) is 1.28. The second-order valence-corrected chi connectivity index (χ2v) is 4.32. The first-order valence-electron chi connectivity index (χ1n) is 5.71. The van der Waals surface area contributed by atoms with Crippen LogP contribution in [0.2, 0.25) is 0 Å². The van der Waals surface area contributed by atoms with E-state index in [0.717, 1.165) is 11.3 Å². The summed E-state index contributed by atoms with van der Waals surface area (Å²) in [6.45, 7) is 1.10. The molecule has 0 saturated carbocycles. The third kappa shape index (κ3) is 5.05. The zero-order chi connectivity index (χ0) is 13.8. The van der Waals surface area contributed by atoms with Crippen LogP contribution in [0.3, 0.4) is 0 Å². The largest absolute Gasteiger partial charge is 0.401 e. The third-order valence-corrected chi connectivity index (χ3v) is 2.54. The number of aromatic nitrogens is 2. The van der Waals surface area contributed by atoms with Crippen molar-refractivity contribution in [2.75, 3.05) is 19.7 Å². The molecule has 1 heterocycles. The summed E-state index contributed by atoms with van der Waals surface area (Å²) in [6.07, 6.45) is -2.18. The molecule has 4 nitrogen and oxygen atoms in total. The fraction of sp³-hybridized carbons (Fsp3) is 0.727. The van der Waals surface area contributed by atoms with Crippen molar-refractivity contribution >= 4 is 0 Å². The lowest BCUT2D eigenvalue weighted by Gasteiger charge is -2.23. The van der Waals surface area contributed by atoms with E-state index in [-0.39, 0.29) is 19.7 Å². The second-order valence-electron chi connectivity index (χ2n) is 4.32. The molecule has 1 rings (SSSR count). The molecule has 7 heteroatoms. The number of hydrogen-bond acceptors (Lipinski definition) is 3. The van der Waals surface area contributed by atoms with Crippen molar-refractivity contribution in [3.05, 3.63) is 17.5 Å². The Balaban J connectivity index is 2.68. The highest BCUT2D eigenvalue weighted by atomic mass is 19.4. The SMILES string of the molecule is Cc1nn(C)cc1CN(CCCO)CC(F)(F)F. The van der Waals surface area contributed by atoms with Crippen LogP contribution in [-0.4, -0.2) is 45.7 Å². The van der Waals surface area contributed by atoms with E-state index >= 15 is 0 Å². The molecule has 0 aromatic carbocycles. The Kier molecular flexibility index (Phi) is 5.15. The van der Waals surface area contributed by atoms with Crippen molar-refractivity contribution in [1.82, 2.24) is 14.7 Å². The zero-order valence-electron chi connectivity index (χ0n) is 10.5. The van der Waals surface area contributed by atoms with Gasteiger partial charge in [-0.2, -0.15) is 18.3 Å². The number of alkyl halides is 3. The van der Waals surface area contributed by atoms with E-state index in [2.05, 4.69) is 5.10 Å². The smallest absolute Gasteiger partial charge is 0.396 e. The summed E-state index contributed by atoms with van der Waals surface area (Å²) in [7, 11) is 1.73. The lowest BCUT2D eigenvalue weighted by Crippen LogP contribution is -2.35. The van der Waals surface area contributed by atoms with Gasteiger partial charge in [0, 0.05) is 38.5 Å². The first-order chi connectivity index (χ1) is 8.31. The minimum atomic E-state index is -4.23. The normalized spacial score (nSPS) is 12.4. The van der Waals surface area contributed by atoms with Crippen molar-refractivity contribution in [1.29, 1.82) is 0 Å². The third-order valence-electron chi connectivity index (χ3n) is 2.54. The molecule has 0 saturated heterocycles. The molecule has 0 amide bonds. The zero-order valence-corrected chi connectivity index (χ0v) is 10.5. The van der Waals surface area contributed by atoms with Gasteiger partial charge in [-0.05, 0) is 13.3 Å². The maximum atomic E-state index is 12.4. The maximum Gasteiger partial charge on any atom is 0.401 e. The predicted octanol–water partition coefficient (Wildman–Crippen LogP) is 1.48. The van der Waals surface area contributed by atoms with Crippen LogP contribution in [0.4, 0.5) is 13.2 Å². The highest BCUT2D eigenvalue weighted by Crippen LogP contribution is 2.19. The van der Waals surface area contributed by atoms with E-state index in [1.807, 2.05) is 0 Å². The first kappa shape index (κ1) is 15.0. The topological polar surface area (TPSA) is 41.3 Å². The van der Waals surface area contributed by atoms with Crippen molar-refractivity contribution in [2.45, 2.75) is 26.1 Å². The Bertz CT molecular complexity index is 376. The van der Waals surface area contributed by atoms with Gasteiger partial charge in [-0.15, -0.1) is 0 Å². The second kappa shape index (κ2) is 6.19. The molecule has 0 radical (unpaired) electrons. The Hall–Kier alpha value is -1.08. The number of nitrogens with zero attached hydrogens (tertiary/aromatic N) is 3. The molecule has 1 aromatic heterocycles. The number of rotatable bonds is 6. The Labute approximate surface area is 104 Å². The molecule has 0 aliphatic heterocycles. The fourth-order valence-corrected chi connectivity index (χ4v) is 1.81. The van der Waals surface area contributed by atoms with Gasteiger partial charge in [-0.3, -0.25) is 9.58 Å². The fourth-order valence-electron chi connectivity index (χ4n) is 1.81. The maximum absolute atomic E-state index is 12.4. The molecule has 0 unspecified atom stereocenters. The van der Waals surface area contributed by atoms with Crippen molar-refractivity contribution in [3.8, 4) is 0 Å². The molecule has 1 aromatic rings. The molecular weight excluding hydrogens is 247 g/mol. The number of aliphatic hydroxyl groups excluding tert-OH is 1. The van der Waals surface area contributed by atoms with E-state index in [0.29, 0.717) is 6.42 Å². The van der Waals surface area contributed by atoms with Crippen LogP contribution < -0.4 is 0 Å². The van der Waals surface area contributed by atoms with Gasteiger partial charge < -0.3 is 5.11 Å². The van der Waals surface area contributed by atoms with Crippen LogP contribution in [0, 0.1) is 6.92 Å². The number of hydrogen-bond donors (Lipinski definition) is 1. The van der Waals surface area contributed by atoms with E-state index in [1.54, 1.807) is 24.9 Å². The van der Waals surface area contributed by atoms with Crippen molar-refractivity contribution in [2.24, 2.45) is 7.05 Å². The van der Waals surface area contributed by atoms with Gasteiger partial charge in [0.1, 0.15) is 0 Å². The van der Waals surface area contributed by atoms with Gasteiger partial charge in [-0.25, -0.2) is 0 Å². The highest BCUT2D eigenvalue weighted by Gasteiger charge is 2.30. The van der Waals surface area contributed by atoms with Crippen molar-refractivity contribution in [3.63, 3.8) is 0 Å². The monoisotopic (exact) mass is 265 g/mol. The summed E-state index contributed by atoms with van der Waals surface area (Å²) >= 11 is 0. The number of aliphatic hydroxyl groups is 1. The van der Waals surface area contributed by atoms with E-state index in [9.17, 15) is 13.2 Å². The van der Waals surface area contributed by atoms with Crippen molar-refractivity contribution < 1.29 is 18.3 Å². The van der Waals surface area contributed by atoms with E-state index in [4.69, 9.17) is 5.11 Å². The van der Waals surface area contributed by atoms with Crippen LogP contribution in [0.5, 0.6) is 0 Å². The quantitative estimate of drug-likeness (QED) is 0.847. The molecular formula is C11H18F3N3O. The Morgan fingerprint density at radius 3 is 2.56 bits per heavy atom. The molecule has 0 bridgehead atoms. The highest BCUT2D eigenvalue weighted by molar-refractivity contribution is 5.15. The molecule has 1 N–H and O–H groups in total. The lowest BCUT2D eigenvalue weighted by molar-refractivity contribution is -0.147. The average molecular weight is 265 g/mol. The van der Waals surface area contributed by atoms with Crippen LogP contribution in [0.25, 0.3) is 0 Å². The lowest BCUT2D eigenvalue weighted by atomic mass is 10.2. The summed E-state index contributed by atoms with van der Waals surface area (Å²) < 4.78 is 38.8. The van der Waals surface area contributed by atoms with E-state index in [1.165, 1.54) is 4.90 Å². The van der Waals surface area contributed by atoms with Gasteiger partial charge in [-0.1, -0.05) is 0 Å². The number of halogens is 3. The predicted molar refractivity (Wildman–Crippen MR) is 61.0 cm³/mol. The molecule has 18 heavy (non-hydrogen) atoms. The Morgan fingerprint density at radius 1 is 1.44 bits per heavy atom. The van der Waals surface area contributed by atoms with Crippen LogP contribution in [-0.2, 0) is 13.6 Å². The summed E-state index contributed by atoms with van der Waals surface area (Å²) in [6, 6.07) is 0. The average Bonchev–Trinajstić information content (AvgIpc) is 2.52. The molecule has 104 valence electrons. The summed E-state index contributed by atoms with van der Waals surface area (Å²) in [5, 5.41) is 12.8. The van der Waals surface area contributed by atoms with Crippen LogP contribution >= 0.6 is 0 Å². The van der Waals surface area contributed by atoms with Gasteiger partial charge in [0.15, 0.2) is 0 Å². The minimum Gasteiger partial charge on any atom is -0.396 e. The molecule has 0 spiro atoms. The molecule has 0 aliphatic rings. The standard InChI is InChI=1S/C11H18F3N3O/c1-9-10(6-16(2)15-9)7-17(4-3-5-18)8-11(12,13)14/h6,18H,3-5,7-8H2,1-2H3. The molecule has 0 aliphatic carbocycles. The van der Waals surface area contributed by atoms with Crippen LogP contribution in [0.15, 0.2) is 6.20 Å². The van der Waals surface area contributed by atoms with Gasteiger partial charge in [0.25, 0.3) is 0 Å².